The van der Waals surface area contributed by atoms with E-state index in [1.807, 2.05) is 26.8 Å². The second kappa shape index (κ2) is 7.90. The first-order valence-electron chi connectivity index (χ1n) is 8.62. The molecular formula is C20H20ClN3O4. The number of anilines is 1. The molecule has 1 N–H and O–H groups in total. The molecule has 0 radical (unpaired) electrons. The third-order valence-electron chi connectivity index (χ3n) is 4.37. The number of nitrogens with one attached hydrogen (secondary N) is 1. The first-order valence-corrected chi connectivity index (χ1v) is 9.00. The largest absolute Gasteiger partial charge is 0.466 e. The molecule has 0 spiro atoms. The minimum Gasteiger partial charge on any atom is -0.466 e. The number of aromatic nitrogens is 2. The molecule has 0 saturated heterocycles. The van der Waals surface area contributed by atoms with E-state index in [1.54, 1.807) is 24.3 Å². The summed E-state index contributed by atoms with van der Waals surface area (Å²) in [7, 11) is 1.27. The summed E-state index contributed by atoms with van der Waals surface area (Å²) >= 11 is 6.32. The topological polar surface area (TPSA) is 86.4 Å². The number of hydrogen-bond acceptors (Lipinski definition) is 6. The summed E-state index contributed by atoms with van der Waals surface area (Å²) < 4.78 is 11.4. The lowest BCUT2D eigenvalue weighted by Crippen LogP contribution is -2.25. The Morgan fingerprint density at radius 1 is 1.32 bits per heavy atom. The van der Waals surface area contributed by atoms with Gasteiger partial charge in [-0.15, -0.1) is 0 Å². The van der Waals surface area contributed by atoms with Crippen LogP contribution in [0, 0.1) is 13.8 Å². The standard InChI is InChI=1S/C20H20ClN3O4/c1-11-9-15(13(3)28-11)12(2)23-16-10-22-24(19(25)18(16)21)17-8-6-5-7-14(17)20(26)27-4/h5-10,12,23H,1-4H3. The smallest absolute Gasteiger partial charge is 0.340 e. The van der Waals surface area contributed by atoms with Crippen LogP contribution in [-0.4, -0.2) is 22.9 Å². The molecule has 1 atom stereocenters. The molecule has 1 aromatic carbocycles. The molecule has 0 bridgehead atoms. The number of para-hydroxylation sites is 1. The lowest BCUT2D eigenvalue weighted by Gasteiger charge is -2.16. The summed E-state index contributed by atoms with van der Waals surface area (Å²) in [4.78, 5) is 24.8. The highest BCUT2D eigenvalue weighted by Crippen LogP contribution is 2.27. The van der Waals surface area contributed by atoms with E-state index in [1.165, 1.54) is 13.3 Å². The lowest BCUT2D eigenvalue weighted by atomic mass is 10.1. The van der Waals surface area contributed by atoms with Gasteiger partial charge in [0.05, 0.1) is 36.3 Å². The number of halogens is 1. The Kier molecular flexibility index (Phi) is 5.56. The van der Waals surface area contributed by atoms with Gasteiger partial charge >= 0.3 is 5.97 Å². The number of methoxy groups -OCH3 is 1. The number of rotatable bonds is 5. The molecule has 28 heavy (non-hydrogen) atoms. The van der Waals surface area contributed by atoms with E-state index < -0.39 is 11.5 Å². The summed E-state index contributed by atoms with van der Waals surface area (Å²) in [5, 5.41) is 7.35. The van der Waals surface area contributed by atoms with Crippen LogP contribution in [0.4, 0.5) is 5.69 Å². The molecule has 0 aliphatic rings. The zero-order valence-electron chi connectivity index (χ0n) is 15.9. The van der Waals surface area contributed by atoms with Crippen LogP contribution in [0.25, 0.3) is 5.69 Å². The molecular weight excluding hydrogens is 382 g/mol. The number of hydrogen-bond donors (Lipinski definition) is 1. The average molecular weight is 402 g/mol. The molecule has 0 amide bonds. The SMILES string of the molecule is COC(=O)c1ccccc1-n1ncc(NC(C)c2cc(C)oc2C)c(Cl)c1=O. The molecule has 0 saturated carbocycles. The number of aryl methyl sites for hydroxylation is 2. The van der Waals surface area contributed by atoms with Gasteiger partial charge in [0.25, 0.3) is 5.56 Å². The lowest BCUT2D eigenvalue weighted by molar-refractivity contribution is 0.0600. The Hall–Kier alpha value is -3.06. The Morgan fingerprint density at radius 3 is 2.68 bits per heavy atom. The maximum absolute atomic E-state index is 12.8. The molecule has 2 heterocycles. The molecule has 0 fully saturated rings. The van der Waals surface area contributed by atoms with Gasteiger partial charge in [-0.05, 0) is 39.0 Å². The van der Waals surface area contributed by atoms with E-state index in [2.05, 4.69) is 10.4 Å². The summed E-state index contributed by atoms with van der Waals surface area (Å²) in [5.74, 6) is 1.03. The third-order valence-corrected chi connectivity index (χ3v) is 4.74. The minimum absolute atomic E-state index is 0.0283. The molecule has 0 aliphatic carbocycles. The maximum atomic E-state index is 12.8. The van der Waals surface area contributed by atoms with E-state index in [4.69, 9.17) is 20.8 Å². The van der Waals surface area contributed by atoms with Crippen LogP contribution in [-0.2, 0) is 4.74 Å². The van der Waals surface area contributed by atoms with Gasteiger partial charge in [-0.3, -0.25) is 4.79 Å². The minimum atomic E-state index is -0.568. The van der Waals surface area contributed by atoms with Crippen molar-refractivity contribution in [2.24, 2.45) is 0 Å². The van der Waals surface area contributed by atoms with Crippen molar-refractivity contribution in [3.8, 4) is 5.69 Å². The van der Waals surface area contributed by atoms with E-state index >= 15 is 0 Å². The molecule has 2 aromatic heterocycles. The number of ether oxygens (including phenoxy) is 1. The third kappa shape index (κ3) is 3.66. The zero-order chi connectivity index (χ0) is 20.4. The molecule has 3 aromatic rings. The van der Waals surface area contributed by atoms with E-state index in [-0.39, 0.29) is 16.6 Å². The number of furan rings is 1. The highest BCUT2D eigenvalue weighted by molar-refractivity contribution is 6.33. The quantitative estimate of drug-likeness (QED) is 0.649. The molecule has 8 heteroatoms. The van der Waals surface area contributed by atoms with Crippen molar-refractivity contribution in [3.05, 3.63) is 74.6 Å². The van der Waals surface area contributed by atoms with Crippen molar-refractivity contribution in [2.45, 2.75) is 26.8 Å². The number of nitrogens with zero attached hydrogens (tertiary/aromatic N) is 2. The van der Waals surface area contributed by atoms with Crippen molar-refractivity contribution in [1.82, 2.24) is 9.78 Å². The van der Waals surface area contributed by atoms with Crippen LogP contribution in [0.15, 0.2) is 45.7 Å². The number of carbonyl (C=O) groups excluding carboxylic acids is 1. The Labute approximate surface area is 166 Å². The second-order valence-electron chi connectivity index (χ2n) is 6.33. The van der Waals surface area contributed by atoms with Crippen LogP contribution >= 0.6 is 11.6 Å². The molecule has 0 aliphatic heterocycles. The Bertz CT molecular complexity index is 1090. The van der Waals surface area contributed by atoms with Gasteiger partial charge in [0, 0.05) is 5.56 Å². The maximum Gasteiger partial charge on any atom is 0.340 e. The van der Waals surface area contributed by atoms with Crippen LogP contribution in [0.3, 0.4) is 0 Å². The fourth-order valence-corrected chi connectivity index (χ4v) is 3.22. The molecule has 1 unspecified atom stereocenters. The highest BCUT2D eigenvalue weighted by Gasteiger charge is 2.19. The zero-order valence-corrected chi connectivity index (χ0v) is 16.7. The second-order valence-corrected chi connectivity index (χ2v) is 6.71. The van der Waals surface area contributed by atoms with Crippen LogP contribution in [0.1, 0.15) is 40.4 Å². The van der Waals surface area contributed by atoms with Gasteiger partial charge in [0.1, 0.15) is 16.5 Å². The Balaban J connectivity index is 1.98. The van der Waals surface area contributed by atoms with Gasteiger partial charge in [0.15, 0.2) is 0 Å². The normalized spacial score (nSPS) is 11.9. The fraction of sp³-hybridized carbons (Fsp3) is 0.250. The van der Waals surface area contributed by atoms with Gasteiger partial charge < -0.3 is 14.5 Å². The number of carbonyl (C=O) groups is 1. The number of benzene rings is 1. The number of esters is 1. The first kappa shape index (κ1) is 19.7. The monoisotopic (exact) mass is 401 g/mol. The summed E-state index contributed by atoms with van der Waals surface area (Å²) in [6.45, 7) is 5.69. The van der Waals surface area contributed by atoms with Gasteiger partial charge in [-0.25, -0.2) is 4.79 Å². The fourth-order valence-electron chi connectivity index (χ4n) is 3.04. The summed E-state index contributed by atoms with van der Waals surface area (Å²) in [6.07, 6.45) is 1.45. The predicted octanol–water partition coefficient (Wildman–Crippen LogP) is 4.06. The molecule has 3 rings (SSSR count). The van der Waals surface area contributed by atoms with Crippen LogP contribution in [0.2, 0.25) is 5.02 Å². The average Bonchev–Trinajstić information content (AvgIpc) is 3.03. The van der Waals surface area contributed by atoms with Crippen LogP contribution in [0.5, 0.6) is 0 Å². The molecule has 7 nitrogen and oxygen atoms in total. The van der Waals surface area contributed by atoms with Crippen molar-refractivity contribution in [1.29, 1.82) is 0 Å². The van der Waals surface area contributed by atoms with Gasteiger partial charge in [0.2, 0.25) is 0 Å². The van der Waals surface area contributed by atoms with Gasteiger partial charge in [-0.2, -0.15) is 9.78 Å². The molecule has 146 valence electrons. The van der Waals surface area contributed by atoms with Crippen molar-refractivity contribution in [2.75, 3.05) is 12.4 Å². The highest BCUT2D eigenvalue weighted by atomic mass is 35.5. The van der Waals surface area contributed by atoms with Crippen molar-refractivity contribution < 1.29 is 13.9 Å². The Morgan fingerprint density at radius 2 is 2.04 bits per heavy atom. The first-order chi connectivity index (χ1) is 13.3. The van der Waals surface area contributed by atoms with E-state index in [0.29, 0.717) is 11.4 Å². The van der Waals surface area contributed by atoms with Crippen LogP contribution < -0.4 is 10.9 Å². The van der Waals surface area contributed by atoms with E-state index in [9.17, 15) is 9.59 Å². The van der Waals surface area contributed by atoms with E-state index in [0.717, 1.165) is 21.8 Å². The summed E-state index contributed by atoms with van der Waals surface area (Å²) in [5.41, 5.74) is 1.32. The predicted molar refractivity (Wildman–Crippen MR) is 106 cm³/mol. The van der Waals surface area contributed by atoms with Gasteiger partial charge in [-0.1, -0.05) is 23.7 Å². The van der Waals surface area contributed by atoms with Crippen molar-refractivity contribution in [3.63, 3.8) is 0 Å². The van der Waals surface area contributed by atoms with Crippen molar-refractivity contribution >= 4 is 23.3 Å². The summed E-state index contributed by atoms with van der Waals surface area (Å²) in [6, 6.07) is 8.32.